The average molecular weight is 326 g/mol. The summed E-state index contributed by atoms with van der Waals surface area (Å²) in [6, 6.07) is 3.36. The Hall–Kier alpha value is -1.18. The summed E-state index contributed by atoms with van der Waals surface area (Å²) in [6.07, 6.45) is 4.63. The highest BCUT2D eigenvalue weighted by Gasteiger charge is 2.29. The summed E-state index contributed by atoms with van der Waals surface area (Å²) in [6.45, 7) is 2.79. The number of likely N-dealkylation sites (N-methyl/N-ethyl adjacent to an activating group) is 2. The van der Waals surface area contributed by atoms with Gasteiger partial charge < -0.3 is 9.80 Å². The molecule has 0 aromatic carbocycles. The molecule has 0 bridgehead atoms. The number of sulfonamides is 1. The van der Waals surface area contributed by atoms with Crippen molar-refractivity contribution in [3.63, 3.8) is 0 Å². The van der Waals surface area contributed by atoms with Gasteiger partial charge in [0.25, 0.3) is 0 Å². The number of piperidine rings is 1. The molecule has 1 aliphatic rings. The third-order valence-corrected chi connectivity index (χ3v) is 5.85. The molecule has 0 aliphatic carbocycles. The van der Waals surface area contributed by atoms with Gasteiger partial charge in [-0.3, -0.25) is 0 Å². The predicted octanol–water partition coefficient (Wildman–Crippen LogP) is 1.25. The minimum absolute atomic E-state index is 0.318. The summed E-state index contributed by atoms with van der Waals surface area (Å²) in [5, 5.41) is 0. The summed E-state index contributed by atoms with van der Waals surface area (Å²) in [4.78, 5) is 8.62. The van der Waals surface area contributed by atoms with Gasteiger partial charge in [0, 0.05) is 39.4 Å². The first-order valence-corrected chi connectivity index (χ1v) is 9.18. The molecule has 0 radical (unpaired) electrons. The van der Waals surface area contributed by atoms with Gasteiger partial charge in [-0.05, 0) is 39.1 Å². The standard InChI is InChI=1S/C15H26N4O2S/c1-17(2)12-13-18(3)15-14(8-7-9-16-15)22(20,21)19-10-5-4-6-11-19/h7-9H,4-6,10-13H2,1-3H3. The van der Waals surface area contributed by atoms with E-state index in [-0.39, 0.29) is 0 Å². The molecule has 0 spiro atoms. The Bertz CT molecular complexity index is 583. The van der Waals surface area contributed by atoms with Crippen molar-refractivity contribution in [2.75, 3.05) is 52.2 Å². The zero-order valence-corrected chi connectivity index (χ0v) is 14.5. The van der Waals surface area contributed by atoms with Crippen molar-refractivity contribution in [1.29, 1.82) is 0 Å². The van der Waals surface area contributed by atoms with Crippen LogP contribution in [0.1, 0.15) is 19.3 Å². The fraction of sp³-hybridized carbons (Fsp3) is 0.667. The average Bonchev–Trinajstić information content (AvgIpc) is 2.53. The quantitative estimate of drug-likeness (QED) is 0.787. The van der Waals surface area contributed by atoms with Crippen LogP contribution in [0, 0.1) is 0 Å². The Morgan fingerprint density at radius 2 is 1.82 bits per heavy atom. The van der Waals surface area contributed by atoms with Crippen LogP contribution in [0.2, 0.25) is 0 Å². The molecule has 0 unspecified atom stereocenters. The molecular formula is C15H26N4O2S. The number of aromatic nitrogens is 1. The van der Waals surface area contributed by atoms with Gasteiger partial charge in [0.15, 0.2) is 0 Å². The molecule has 1 aliphatic heterocycles. The van der Waals surface area contributed by atoms with Crippen LogP contribution in [-0.2, 0) is 10.0 Å². The van der Waals surface area contributed by atoms with Gasteiger partial charge in [0.05, 0.1) is 0 Å². The van der Waals surface area contributed by atoms with Crippen molar-refractivity contribution in [3.8, 4) is 0 Å². The van der Waals surface area contributed by atoms with Crippen LogP contribution in [0.4, 0.5) is 5.82 Å². The molecular weight excluding hydrogens is 300 g/mol. The molecule has 0 amide bonds. The maximum absolute atomic E-state index is 12.9. The second-order valence-electron chi connectivity index (χ2n) is 6.01. The topological polar surface area (TPSA) is 56.8 Å². The molecule has 1 fully saturated rings. The van der Waals surface area contributed by atoms with Gasteiger partial charge in [-0.2, -0.15) is 4.31 Å². The molecule has 6 nitrogen and oxygen atoms in total. The molecule has 124 valence electrons. The molecule has 0 atom stereocenters. The molecule has 0 N–H and O–H groups in total. The van der Waals surface area contributed by atoms with E-state index < -0.39 is 10.0 Å². The number of pyridine rings is 1. The van der Waals surface area contributed by atoms with Gasteiger partial charge in [0.2, 0.25) is 10.0 Å². The van der Waals surface area contributed by atoms with E-state index >= 15 is 0 Å². The molecule has 2 rings (SSSR count). The second kappa shape index (κ2) is 7.39. The lowest BCUT2D eigenvalue weighted by Gasteiger charge is -2.28. The van der Waals surface area contributed by atoms with Gasteiger partial charge in [-0.1, -0.05) is 6.42 Å². The zero-order chi connectivity index (χ0) is 16.2. The Kier molecular flexibility index (Phi) is 5.77. The van der Waals surface area contributed by atoms with Crippen LogP contribution in [0.15, 0.2) is 23.2 Å². The first-order valence-electron chi connectivity index (χ1n) is 7.74. The van der Waals surface area contributed by atoms with E-state index in [1.165, 1.54) is 0 Å². The Balaban J connectivity index is 2.27. The maximum atomic E-state index is 12.9. The second-order valence-corrected chi connectivity index (χ2v) is 7.92. The fourth-order valence-corrected chi connectivity index (χ4v) is 4.28. The van der Waals surface area contributed by atoms with Gasteiger partial charge in [-0.25, -0.2) is 13.4 Å². The molecule has 1 saturated heterocycles. The Morgan fingerprint density at radius 3 is 2.45 bits per heavy atom. The van der Waals surface area contributed by atoms with Crippen molar-refractivity contribution in [2.24, 2.45) is 0 Å². The van der Waals surface area contributed by atoms with Crippen molar-refractivity contribution < 1.29 is 8.42 Å². The third kappa shape index (κ3) is 3.97. The van der Waals surface area contributed by atoms with Gasteiger partial charge in [-0.15, -0.1) is 0 Å². The maximum Gasteiger partial charge on any atom is 0.246 e. The van der Waals surface area contributed by atoms with Crippen LogP contribution in [0.5, 0.6) is 0 Å². The molecule has 2 heterocycles. The lowest BCUT2D eigenvalue weighted by atomic mass is 10.2. The van der Waals surface area contributed by atoms with Crippen LogP contribution in [0.25, 0.3) is 0 Å². The van der Waals surface area contributed by atoms with E-state index in [2.05, 4.69) is 9.88 Å². The lowest BCUT2D eigenvalue weighted by Crippen LogP contribution is -2.37. The smallest absolute Gasteiger partial charge is 0.246 e. The Morgan fingerprint density at radius 1 is 1.14 bits per heavy atom. The first-order chi connectivity index (χ1) is 10.4. The van der Waals surface area contributed by atoms with Crippen LogP contribution >= 0.6 is 0 Å². The van der Waals surface area contributed by atoms with E-state index in [0.717, 1.165) is 32.4 Å². The van der Waals surface area contributed by atoms with E-state index in [1.807, 2.05) is 26.0 Å². The summed E-state index contributed by atoms with van der Waals surface area (Å²) in [5.74, 6) is 0.537. The highest BCUT2D eigenvalue weighted by molar-refractivity contribution is 7.89. The van der Waals surface area contributed by atoms with Crippen molar-refractivity contribution >= 4 is 15.8 Å². The van der Waals surface area contributed by atoms with Crippen LogP contribution < -0.4 is 4.90 Å². The summed E-state index contributed by atoms with van der Waals surface area (Å²) < 4.78 is 27.4. The van der Waals surface area contributed by atoms with Crippen molar-refractivity contribution in [3.05, 3.63) is 18.3 Å². The molecule has 1 aromatic rings. The monoisotopic (exact) mass is 326 g/mol. The number of hydrogen-bond donors (Lipinski definition) is 0. The number of nitrogens with zero attached hydrogens (tertiary/aromatic N) is 4. The zero-order valence-electron chi connectivity index (χ0n) is 13.7. The van der Waals surface area contributed by atoms with Crippen LogP contribution in [-0.4, -0.2) is 69.9 Å². The summed E-state index contributed by atoms with van der Waals surface area (Å²) in [7, 11) is 2.42. The minimum atomic E-state index is -3.46. The predicted molar refractivity (Wildman–Crippen MR) is 88.7 cm³/mol. The fourth-order valence-electron chi connectivity index (χ4n) is 2.57. The Labute approximate surface area is 133 Å². The minimum Gasteiger partial charge on any atom is -0.357 e. The van der Waals surface area contributed by atoms with Crippen molar-refractivity contribution in [1.82, 2.24) is 14.2 Å². The SMILES string of the molecule is CN(C)CCN(C)c1ncccc1S(=O)(=O)N1CCCCC1. The van der Waals surface area contributed by atoms with Gasteiger partial charge in [0.1, 0.15) is 10.7 Å². The molecule has 0 saturated carbocycles. The normalized spacial score (nSPS) is 16.9. The molecule has 22 heavy (non-hydrogen) atoms. The van der Waals surface area contributed by atoms with E-state index in [9.17, 15) is 8.42 Å². The highest BCUT2D eigenvalue weighted by Crippen LogP contribution is 2.26. The van der Waals surface area contributed by atoms with Gasteiger partial charge >= 0.3 is 0 Å². The third-order valence-electron chi connectivity index (χ3n) is 3.93. The van der Waals surface area contributed by atoms with E-state index in [4.69, 9.17) is 0 Å². The number of rotatable bonds is 6. The highest BCUT2D eigenvalue weighted by atomic mass is 32.2. The number of anilines is 1. The molecule has 7 heteroatoms. The largest absolute Gasteiger partial charge is 0.357 e. The van der Waals surface area contributed by atoms with Crippen molar-refractivity contribution in [2.45, 2.75) is 24.2 Å². The summed E-state index contributed by atoms with van der Waals surface area (Å²) >= 11 is 0. The summed E-state index contributed by atoms with van der Waals surface area (Å²) in [5.41, 5.74) is 0. The number of hydrogen-bond acceptors (Lipinski definition) is 5. The molecule has 1 aromatic heterocycles. The van der Waals surface area contributed by atoms with E-state index in [1.54, 1.807) is 22.6 Å². The lowest BCUT2D eigenvalue weighted by molar-refractivity contribution is 0.346. The van der Waals surface area contributed by atoms with Crippen LogP contribution in [0.3, 0.4) is 0 Å². The first kappa shape index (κ1) is 17.2. The van der Waals surface area contributed by atoms with E-state index in [0.29, 0.717) is 23.8 Å².